The molecule has 0 aliphatic carbocycles. The number of amides is 1. The van der Waals surface area contributed by atoms with Crippen molar-refractivity contribution < 1.29 is 23.8 Å². The molecule has 0 unspecified atom stereocenters. The van der Waals surface area contributed by atoms with E-state index in [1.54, 1.807) is 55.9 Å². The Balaban J connectivity index is 1.57. The van der Waals surface area contributed by atoms with Crippen LogP contribution in [-0.2, 0) is 9.53 Å². The Morgan fingerprint density at radius 3 is 2.58 bits per heavy atom. The smallest absolute Gasteiger partial charge is 0.340 e. The summed E-state index contributed by atoms with van der Waals surface area (Å²) in [6, 6.07) is 15.5. The molecule has 2 aromatic carbocycles. The number of hydrazone groups is 1. The van der Waals surface area contributed by atoms with Crippen LogP contribution in [0.5, 0.6) is 11.5 Å². The summed E-state index contributed by atoms with van der Waals surface area (Å²) >= 11 is 7.60. The summed E-state index contributed by atoms with van der Waals surface area (Å²) in [5.74, 6) is 0.0299. The molecule has 3 aromatic rings. The third-order valence-electron chi connectivity index (χ3n) is 5.18. The van der Waals surface area contributed by atoms with Crippen LogP contribution in [-0.4, -0.2) is 43.4 Å². The van der Waals surface area contributed by atoms with Crippen LogP contribution in [0.4, 0.5) is 0 Å². The largest absolute Gasteiger partial charge is 0.493 e. The van der Waals surface area contributed by atoms with Crippen molar-refractivity contribution in [2.24, 2.45) is 5.10 Å². The fourth-order valence-corrected chi connectivity index (χ4v) is 4.48. The van der Waals surface area contributed by atoms with E-state index in [4.69, 9.17) is 25.8 Å². The third kappa shape index (κ3) is 4.86. The Bertz CT molecular complexity index is 1200. The highest BCUT2D eigenvalue weighted by molar-refractivity contribution is 7.12. The van der Waals surface area contributed by atoms with E-state index in [-0.39, 0.29) is 16.6 Å². The van der Waals surface area contributed by atoms with Gasteiger partial charge in [-0.2, -0.15) is 5.10 Å². The monoisotopic (exact) mass is 484 g/mol. The van der Waals surface area contributed by atoms with E-state index in [9.17, 15) is 9.59 Å². The minimum Gasteiger partial charge on any atom is -0.493 e. The second-order valence-electron chi connectivity index (χ2n) is 7.15. The van der Waals surface area contributed by atoms with Gasteiger partial charge in [-0.25, -0.2) is 9.80 Å². The number of hydrogen-bond acceptors (Lipinski definition) is 7. The molecule has 0 radical (unpaired) electrons. The fourth-order valence-electron chi connectivity index (χ4n) is 3.55. The van der Waals surface area contributed by atoms with E-state index >= 15 is 0 Å². The Labute approximate surface area is 200 Å². The molecule has 0 N–H and O–H groups in total. The third-order valence-corrected chi connectivity index (χ3v) is 6.43. The lowest BCUT2D eigenvalue weighted by Gasteiger charge is -2.22. The maximum Gasteiger partial charge on any atom is 0.340 e. The zero-order chi connectivity index (χ0) is 23.4. The lowest BCUT2D eigenvalue weighted by molar-refractivity contribution is -0.136. The summed E-state index contributed by atoms with van der Waals surface area (Å²) in [5.41, 5.74) is 1.82. The van der Waals surface area contributed by atoms with Crippen molar-refractivity contribution in [1.82, 2.24) is 5.01 Å². The lowest BCUT2D eigenvalue weighted by atomic mass is 10.0. The van der Waals surface area contributed by atoms with Crippen LogP contribution in [0.2, 0.25) is 5.02 Å². The van der Waals surface area contributed by atoms with Crippen LogP contribution in [0.15, 0.2) is 65.1 Å². The summed E-state index contributed by atoms with van der Waals surface area (Å²) in [6.45, 7) is -0.463. The Morgan fingerprint density at radius 1 is 1.09 bits per heavy atom. The summed E-state index contributed by atoms with van der Waals surface area (Å²) < 4.78 is 16.0. The van der Waals surface area contributed by atoms with Crippen molar-refractivity contribution in [3.05, 3.63) is 81.0 Å². The standard InChI is InChI=1S/C24H21ClN2O5S/c1-30-20-10-9-15(12-21(20)31-2)19-13-18(22-8-5-11-33-22)26-27(19)23(28)14-32-24(29)16-6-3-4-7-17(16)25/h3-12,19H,13-14H2,1-2H3/t19-/m0/s1. The lowest BCUT2D eigenvalue weighted by Crippen LogP contribution is -2.31. The molecule has 4 rings (SSSR count). The van der Waals surface area contributed by atoms with E-state index in [2.05, 4.69) is 5.10 Å². The average molecular weight is 485 g/mol. The number of benzene rings is 2. The predicted molar refractivity (Wildman–Crippen MR) is 126 cm³/mol. The van der Waals surface area contributed by atoms with Gasteiger partial charge < -0.3 is 14.2 Å². The molecule has 0 saturated heterocycles. The van der Waals surface area contributed by atoms with Crippen molar-refractivity contribution in [1.29, 1.82) is 0 Å². The topological polar surface area (TPSA) is 77.4 Å². The van der Waals surface area contributed by atoms with Gasteiger partial charge >= 0.3 is 5.97 Å². The van der Waals surface area contributed by atoms with Gasteiger partial charge in [0.15, 0.2) is 18.1 Å². The number of hydrogen-bond donors (Lipinski definition) is 0. The summed E-state index contributed by atoms with van der Waals surface area (Å²) in [5, 5.41) is 8.17. The van der Waals surface area contributed by atoms with Crippen LogP contribution in [0, 0.1) is 0 Å². The van der Waals surface area contributed by atoms with Gasteiger partial charge in [0.25, 0.3) is 5.91 Å². The molecule has 0 bridgehead atoms. The molecule has 33 heavy (non-hydrogen) atoms. The highest BCUT2D eigenvalue weighted by Crippen LogP contribution is 2.37. The van der Waals surface area contributed by atoms with E-state index in [0.717, 1.165) is 16.2 Å². The molecule has 0 fully saturated rings. The second-order valence-corrected chi connectivity index (χ2v) is 8.51. The number of carbonyl (C=O) groups is 2. The van der Waals surface area contributed by atoms with Crippen molar-refractivity contribution in [2.45, 2.75) is 12.5 Å². The molecule has 1 aliphatic rings. The van der Waals surface area contributed by atoms with Gasteiger partial charge in [-0.3, -0.25) is 4.79 Å². The van der Waals surface area contributed by atoms with Gasteiger partial charge in [-0.15, -0.1) is 11.3 Å². The summed E-state index contributed by atoms with van der Waals surface area (Å²) in [7, 11) is 3.12. The van der Waals surface area contributed by atoms with Crippen LogP contribution in [0.1, 0.15) is 33.3 Å². The highest BCUT2D eigenvalue weighted by Gasteiger charge is 2.34. The van der Waals surface area contributed by atoms with Crippen LogP contribution < -0.4 is 9.47 Å². The van der Waals surface area contributed by atoms with E-state index in [1.807, 2.05) is 29.6 Å². The molecule has 1 amide bonds. The molecule has 1 aromatic heterocycles. The van der Waals surface area contributed by atoms with Crippen LogP contribution in [0.3, 0.4) is 0 Å². The van der Waals surface area contributed by atoms with Gasteiger partial charge in [-0.05, 0) is 41.3 Å². The first kappa shape index (κ1) is 22.8. The molecule has 170 valence electrons. The van der Waals surface area contributed by atoms with Crippen molar-refractivity contribution in [3.63, 3.8) is 0 Å². The molecule has 1 atom stereocenters. The zero-order valence-electron chi connectivity index (χ0n) is 18.0. The predicted octanol–water partition coefficient (Wildman–Crippen LogP) is 4.95. The SMILES string of the molecule is COc1ccc([C@@H]2CC(c3cccs3)=NN2C(=O)COC(=O)c2ccccc2Cl)cc1OC. The fraction of sp³-hybridized carbons (Fsp3) is 0.208. The number of halogens is 1. The highest BCUT2D eigenvalue weighted by atomic mass is 35.5. The van der Waals surface area contributed by atoms with E-state index < -0.39 is 18.5 Å². The molecule has 2 heterocycles. The summed E-state index contributed by atoms with van der Waals surface area (Å²) in [4.78, 5) is 26.5. The minimum atomic E-state index is -0.668. The zero-order valence-corrected chi connectivity index (χ0v) is 19.6. The molecular formula is C24H21ClN2O5S. The van der Waals surface area contributed by atoms with Crippen molar-refractivity contribution in [2.75, 3.05) is 20.8 Å². The van der Waals surface area contributed by atoms with Gasteiger partial charge in [0.05, 0.1) is 41.4 Å². The molecule has 0 saturated carbocycles. The van der Waals surface area contributed by atoms with Crippen molar-refractivity contribution in [3.8, 4) is 11.5 Å². The van der Waals surface area contributed by atoms with E-state index in [1.165, 1.54) is 5.01 Å². The second kappa shape index (κ2) is 10.1. The molecule has 1 aliphatic heterocycles. The number of nitrogens with zero attached hydrogens (tertiary/aromatic N) is 2. The normalized spacial score (nSPS) is 15.2. The summed E-state index contributed by atoms with van der Waals surface area (Å²) in [6.07, 6.45) is 0.514. The quantitative estimate of drug-likeness (QED) is 0.443. The maximum atomic E-state index is 13.1. The molecule has 9 heteroatoms. The van der Waals surface area contributed by atoms with Crippen molar-refractivity contribution >= 4 is 40.5 Å². The van der Waals surface area contributed by atoms with E-state index in [0.29, 0.717) is 17.9 Å². The number of carbonyl (C=O) groups excluding carboxylic acids is 2. The average Bonchev–Trinajstić information content (AvgIpc) is 3.52. The van der Waals surface area contributed by atoms with Gasteiger partial charge in [-0.1, -0.05) is 35.9 Å². The molecule has 7 nitrogen and oxygen atoms in total. The van der Waals surface area contributed by atoms with Gasteiger partial charge in [0.2, 0.25) is 0 Å². The number of methoxy groups -OCH3 is 2. The number of esters is 1. The van der Waals surface area contributed by atoms with Crippen LogP contribution in [0.25, 0.3) is 0 Å². The molecule has 0 spiro atoms. The Morgan fingerprint density at radius 2 is 1.88 bits per heavy atom. The first-order chi connectivity index (χ1) is 16.0. The minimum absolute atomic E-state index is 0.201. The molecular weight excluding hydrogens is 464 g/mol. The first-order valence-corrected chi connectivity index (χ1v) is 11.3. The Kier molecular flexibility index (Phi) is 6.96. The van der Waals surface area contributed by atoms with Crippen LogP contribution >= 0.6 is 22.9 Å². The number of ether oxygens (including phenoxy) is 3. The number of thiophene rings is 1. The van der Waals surface area contributed by atoms with Gasteiger partial charge in [0.1, 0.15) is 0 Å². The maximum absolute atomic E-state index is 13.1. The first-order valence-electron chi connectivity index (χ1n) is 10.1. The Hall–Kier alpha value is -3.36. The number of rotatable bonds is 7. The van der Waals surface area contributed by atoms with Gasteiger partial charge in [0, 0.05) is 6.42 Å².